The highest BCUT2D eigenvalue weighted by molar-refractivity contribution is 7.92. The summed E-state index contributed by atoms with van der Waals surface area (Å²) in [7, 11) is -3.83. The number of aliphatic hydroxyl groups excluding tert-OH is 1. The molecule has 4 rings (SSSR count). The van der Waals surface area contributed by atoms with Gasteiger partial charge in [-0.25, -0.2) is 12.7 Å². The number of hydrogen-bond acceptors (Lipinski definition) is 6. The van der Waals surface area contributed by atoms with Gasteiger partial charge in [0.1, 0.15) is 0 Å². The van der Waals surface area contributed by atoms with Crippen LogP contribution in [0.15, 0.2) is 72.8 Å². The fourth-order valence-electron chi connectivity index (χ4n) is 5.43. The molecule has 9 nitrogen and oxygen atoms in total. The zero-order chi connectivity index (χ0) is 32.6. The second-order valence-corrected chi connectivity index (χ2v) is 14.1. The maximum Gasteiger partial charge on any atom is 0.251 e. The van der Waals surface area contributed by atoms with E-state index in [0.29, 0.717) is 6.42 Å². The van der Waals surface area contributed by atoms with E-state index in [1.54, 1.807) is 25.1 Å². The lowest BCUT2D eigenvalue weighted by molar-refractivity contribution is -0.123. The predicted octanol–water partition coefficient (Wildman–Crippen LogP) is 5.22. The van der Waals surface area contributed by atoms with Crippen molar-refractivity contribution in [3.63, 3.8) is 0 Å². The van der Waals surface area contributed by atoms with Crippen LogP contribution in [-0.2, 0) is 21.2 Å². The topological polar surface area (TPSA) is 128 Å². The monoisotopic (exact) mass is 674 g/mol. The summed E-state index contributed by atoms with van der Waals surface area (Å²) in [6, 6.07) is 19.0. The summed E-state index contributed by atoms with van der Waals surface area (Å²) in [6.45, 7) is 1.82. The van der Waals surface area contributed by atoms with Gasteiger partial charge < -0.3 is 21.1 Å². The molecule has 1 aliphatic carbocycles. The number of hydrogen-bond donors (Lipinski definition) is 4. The van der Waals surface area contributed by atoms with Crippen LogP contribution in [0.3, 0.4) is 0 Å². The minimum absolute atomic E-state index is 0.0657. The number of halogens is 2. The largest absolute Gasteiger partial charge is 0.390 e. The van der Waals surface area contributed by atoms with Gasteiger partial charge >= 0.3 is 0 Å². The van der Waals surface area contributed by atoms with Crippen molar-refractivity contribution in [3.8, 4) is 0 Å². The van der Waals surface area contributed by atoms with Gasteiger partial charge in [0.05, 0.1) is 45.9 Å². The van der Waals surface area contributed by atoms with Crippen LogP contribution in [0, 0.1) is 0 Å². The van der Waals surface area contributed by atoms with E-state index in [1.807, 2.05) is 30.3 Å². The molecule has 0 heterocycles. The SMILES string of the molecule is C[C@H](NC[C@@H](O)[C@H](Cc1ccccc1)NC(=O)c1cccc(N(c2ccc(Cl)c(Cl)c2)S(C)(=O)=O)c1)C(=O)NC1CCCCC1. The number of carbonyl (C=O) groups excluding carboxylic acids is 2. The standard InChI is InChI=1S/C33H40Cl2N4O5S/c1-22(32(41)37-25-13-7-4-8-14-25)36-21-31(40)30(18-23-10-5-3-6-11-23)38-33(42)24-12-9-15-26(19-24)39(45(2,43)44)27-16-17-28(34)29(35)20-27/h3,5-6,9-12,15-17,19-20,22,25,30-31,36,40H,4,7-8,13-14,18,21H2,1-2H3,(H,37,41)(H,38,42)/t22-,30-,31+/m0/s1. The van der Waals surface area contributed by atoms with E-state index in [1.165, 1.54) is 30.7 Å². The summed E-state index contributed by atoms with van der Waals surface area (Å²) >= 11 is 12.2. The highest BCUT2D eigenvalue weighted by Gasteiger charge is 2.26. The van der Waals surface area contributed by atoms with Gasteiger partial charge in [0.15, 0.2) is 0 Å². The molecular formula is C33H40Cl2N4O5S. The van der Waals surface area contributed by atoms with E-state index in [-0.39, 0.29) is 45.5 Å². The summed E-state index contributed by atoms with van der Waals surface area (Å²) in [4.78, 5) is 26.3. The summed E-state index contributed by atoms with van der Waals surface area (Å²) in [6.07, 6.45) is 5.71. The number of aliphatic hydroxyl groups is 1. The molecule has 0 unspecified atom stereocenters. The lowest BCUT2D eigenvalue weighted by Crippen LogP contribution is -2.53. The highest BCUT2D eigenvalue weighted by Crippen LogP contribution is 2.33. The van der Waals surface area contributed by atoms with E-state index in [4.69, 9.17) is 23.2 Å². The normalized spacial score (nSPS) is 15.9. The molecule has 1 aliphatic rings. The van der Waals surface area contributed by atoms with Crippen LogP contribution in [-0.4, -0.2) is 62.4 Å². The molecule has 3 atom stereocenters. The molecule has 4 N–H and O–H groups in total. The lowest BCUT2D eigenvalue weighted by Gasteiger charge is -2.28. The van der Waals surface area contributed by atoms with E-state index in [2.05, 4.69) is 16.0 Å². The summed E-state index contributed by atoms with van der Waals surface area (Å²) in [5.74, 6) is -0.616. The fourth-order valence-corrected chi connectivity index (χ4v) is 6.71. The first-order valence-electron chi connectivity index (χ1n) is 15.0. The molecule has 242 valence electrons. The Morgan fingerprint density at radius 1 is 0.933 bits per heavy atom. The van der Waals surface area contributed by atoms with E-state index >= 15 is 0 Å². The average Bonchev–Trinajstić information content (AvgIpc) is 3.01. The van der Waals surface area contributed by atoms with Crippen LogP contribution in [0.5, 0.6) is 0 Å². The summed E-state index contributed by atoms with van der Waals surface area (Å²) in [5.41, 5.74) is 1.58. The van der Waals surface area contributed by atoms with E-state index in [9.17, 15) is 23.1 Å². The number of carbonyl (C=O) groups is 2. The Balaban J connectivity index is 1.50. The maximum atomic E-state index is 13.6. The van der Waals surface area contributed by atoms with Gasteiger partial charge in [-0.05, 0) is 68.1 Å². The van der Waals surface area contributed by atoms with Gasteiger partial charge in [0.2, 0.25) is 15.9 Å². The number of nitrogens with one attached hydrogen (secondary N) is 3. The molecule has 3 aromatic rings. The Hall–Kier alpha value is -3.15. The van der Waals surface area contributed by atoms with Crippen LogP contribution in [0.4, 0.5) is 11.4 Å². The van der Waals surface area contributed by atoms with Gasteiger partial charge in [0.25, 0.3) is 5.91 Å². The molecule has 45 heavy (non-hydrogen) atoms. The predicted molar refractivity (Wildman–Crippen MR) is 180 cm³/mol. The van der Waals surface area contributed by atoms with E-state index in [0.717, 1.165) is 41.8 Å². The lowest BCUT2D eigenvalue weighted by atomic mass is 9.95. The molecule has 3 aromatic carbocycles. The molecule has 0 aliphatic heterocycles. The first kappa shape index (κ1) is 34.7. The highest BCUT2D eigenvalue weighted by atomic mass is 35.5. The second kappa shape index (κ2) is 15.9. The Morgan fingerprint density at radius 3 is 2.29 bits per heavy atom. The first-order chi connectivity index (χ1) is 21.4. The smallest absolute Gasteiger partial charge is 0.251 e. The first-order valence-corrected chi connectivity index (χ1v) is 17.6. The number of anilines is 2. The third-order valence-electron chi connectivity index (χ3n) is 7.87. The molecule has 1 fully saturated rings. The molecule has 0 bridgehead atoms. The van der Waals surface area contributed by atoms with Crippen molar-refractivity contribution < 1.29 is 23.1 Å². The third kappa shape index (κ3) is 9.92. The van der Waals surface area contributed by atoms with Crippen molar-refractivity contribution in [2.45, 2.75) is 69.7 Å². The van der Waals surface area contributed by atoms with Crippen molar-refractivity contribution in [3.05, 3.63) is 94.0 Å². The number of benzene rings is 3. The average molecular weight is 676 g/mol. The Morgan fingerprint density at radius 2 is 1.62 bits per heavy atom. The van der Waals surface area contributed by atoms with Crippen LogP contribution in [0.2, 0.25) is 10.0 Å². The van der Waals surface area contributed by atoms with Crippen LogP contribution >= 0.6 is 23.2 Å². The molecule has 1 saturated carbocycles. The van der Waals surface area contributed by atoms with Gasteiger partial charge in [-0.3, -0.25) is 9.59 Å². The van der Waals surface area contributed by atoms with Crippen molar-refractivity contribution >= 4 is 56.4 Å². The maximum absolute atomic E-state index is 13.6. The van der Waals surface area contributed by atoms with Crippen LogP contribution < -0.4 is 20.3 Å². The summed E-state index contributed by atoms with van der Waals surface area (Å²) in [5, 5.41) is 20.8. The minimum Gasteiger partial charge on any atom is -0.390 e. The van der Waals surface area contributed by atoms with Gasteiger partial charge in [-0.15, -0.1) is 0 Å². The molecule has 0 saturated heterocycles. The number of nitrogens with zero attached hydrogens (tertiary/aromatic N) is 1. The number of sulfonamides is 1. The Kier molecular flexibility index (Phi) is 12.3. The van der Waals surface area contributed by atoms with Crippen LogP contribution in [0.25, 0.3) is 0 Å². The molecule has 0 spiro atoms. The third-order valence-corrected chi connectivity index (χ3v) is 9.69. The number of amides is 2. The molecule has 12 heteroatoms. The zero-order valence-electron chi connectivity index (χ0n) is 25.4. The Bertz CT molecular complexity index is 1570. The molecule has 0 aromatic heterocycles. The number of rotatable bonds is 13. The van der Waals surface area contributed by atoms with Crippen LogP contribution in [0.1, 0.15) is 54.9 Å². The second-order valence-electron chi connectivity index (χ2n) is 11.5. The van der Waals surface area contributed by atoms with Gasteiger partial charge in [0, 0.05) is 18.2 Å². The molecule has 2 amide bonds. The van der Waals surface area contributed by atoms with Gasteiger partial charge in [-0.2, -0.15) is 0 Å². The summed E-state index contributed by atoms with van der Waals surface area (Å²) < 4.78 is 26.8. The van der Waals surface area contributed by atoms with Gasteiger partial charge in [-0.1, -0.05) is 78.9 Å². The Labute approximate surface area is 275 Å². The zero-order valence-corrected chi connectivity index (χ0v) is 27.7. The fraction of sp³-hybridized carbons (Fsp3) is 0.394. The molecular weight excluding hydrogens is 635 g/mol. The minimum atomic E-state index is -3.83. The van der Waals surface area contributed by atoms with Crippen molar-refractivity contribution in [2.24, 2.45) is 0 Å². The van der Waals surface area contributed by atoms with E-state index < -0.39 is 34.1 Å². The molecule has 0 radical (unpaired) electrons. The quantitative estimate of drug-likeness (QED) is 0.197. The van der Waals surface area contributed by atoms with Crippen molar-refractivity contribution in [1.82, 2.24) is 16.0 Å². The van der Waals surface area contributed by atoms with Crippen molar-refractivity contribution in [1.29, 1.82) is 0 Å². The van der Waals surface area contributed by atoms with Crippen molar-refractivity contribution in [2.75, 3.05) is 17.1 Å².